The molecule has 0 radical (unpaired) electrons. The highest BCUT2D eigenvalue weighted by Gasteiger charge is 2.34. The standard InChI is InChI=1S/C35H27N3O2/c1-20-14-21(2)32(22(3)15-20)29-19-30-35(37(29)4)36-31(38(30)25-12-6-5-7-13-25)18-28-33(39)26-16-23-10-8-9-11-24(23)17-27(26)34(28)40/h5-19H,1-4H3. The number of fused-ring (bicyclic) bond motifs is 3. The molecule has 5 heteroatoms. The summed E-state index contributed by atoms with van der Waals surface area (Å²) in [6, 6.07) is 27.9. The van der Waals surface area contributed by atoms with Gasteiger partial charge in [0.2, 0.25) is 0 Å². The predicted octanol–water partition coefficient (Wildman–Crippen LogP) is 7.57. The lowest BCUT2D eigenvalue weighted by molar-refractivity contribution is 0.0990. The van der Waals surface area contributed by atoms with Gasteiger partial charge in [-0.3, -0.25) is 14.2 Å². The number of hydrogen-bond donors (Lipinski definition) is 0. The zero-order valence-corrected chi connectivity index (χ0v) is 22.8. The number of carbonyl (C=O) groups excluding carboxylic acids is 2. The van der Waals surface area contributed by atoms with Crippen LogP contribution in [0, 0.1) is 20.8 Å². The maximum atomic E-state index is 13.5. The fourth-order valence-electron chi connectivity index (χ4n) is 6.19. The number of para-hydroxylation sites is 1. The van der Waals surface area contributed by atoms with Crippen molar-refractivity contribution in [3.8, 4) is 16.9 Å². The second-order valence-corrected chi connectivity index (χ2v) is 10.7. The molecule has 0 unspecified atom stereocenters. The molecule has 0 spiro atoms. The van der Waals surface area contributed by atoms with Crippen molar-refractivity contribution in [1.29, 1.82) is 0 Å². The van der Waals surface area contributed by atoms with Crippen LogP contribution in [0.15, 0.2) is 90.5 Å². The van der Waals surface area contributed by atoms with Gasteiger partial charge in [-0.15, -0.1) is 0 Å². The molecule has 194 valence electrons. The molecule has 0 N–H and O–H groups in total. The van der Waals surface area contributed by atoms with Crippen molar-refractivity contribution in [2.75, 3.05) is 0 Å². The number of carbonyl (C=O) groups is 2. The molecule has 40 heavy (non-hydrogen) atoms. The number of aromatic nitrogens is 3. The van der Waals surface area contributed by atoms with E-state index in [0.717, 1.165) is 33.3 Å². The Hall–Kier alpha value is -5.03. The van der Waals surface area contributed by atoms with Crippen LogP contribution in [0.1, 0.15) is 43.2 Å². The average molecular weight is 522 g/mol. The third-order valence-electron chi connectivity index (χ3n) is 7.96. The van der Waals surface area contributed by atoms with Crippen LogP contribution in [0.5, 0.6) is 0 Å². The van der Waals surface area contributed by atoms with Crippen LogP contribution >= 0.6 is 0 Å². The van der Waals surface area contributed by atoms with Crippen molar-refractivity contribution in [2.45, 2.75) is 20.8 Å². The summed E-state index contributed by atoms with van der Waals surface area (Å²) in [5, 5.41) is 1.88. The maximum absolute atomic E-state index is 13.5. The summed E-state index contributed by atoms with van der Waals surface area (Å²) < 4.78 is 4.13. The van der Waals surface area contributed by atoms with E-state index in [1.54, 1.807) is 6.08 Å². The number of ketones is 2. The Kier molecular flexibility index (Phi) is 5.26. The summed E-state index contributed by atoms with van der Waals surface area (Å²) in [6.07, 6.45) is 1.66. The molecule has 0 saturated carbocycles. The van der Waals surface area contributed by atoms with E-state index in [9.17, 15) is 9.59 Å². The lowest BCUT2D eigenvalue weighted by Gasteiger charge is -2.12. The highest BCUT2D eigenvalue weighted by Crippen LogP contribution is 2.36. The second-order valence-electron chi connectivity index (χ2n) is 10.7. The predicted molar refractivity (Wildman–Crippen MR) is 160 cm³/mol. The molecule has 0 bridgehead atoms. The lowest BCUT2D eigenvalue weighted by Crippen LogP contribution is -2.04. The minimum atomic E-state index is -0.260. The molecule has 1 aliphatic carbocycles. The number of aryl methyl sites for hydroxylation is 4. The molecular weight excluding hydrogens is 494 g/mol. The molecular formula is C35H27N3O2. The minimum Gasteiger partial charge on any atom is -0.327 e. The van der Waals surface area contributed by atoms with Crippen LogP contribution in [0.2, 0.25) is 0 Å². The van der Waals surface area contributed by atoms with E-state index in [4.69, 9.17) is 4.98 Å². The van der Waals surface area contributed by atoms with E-state index in [2.05, 4.69) is 43.5 Å². The summed E-state index contributed by atoms with van der Waals surface area (Å²) in [6.45, 7) is 6.39. The molecule has 5 nitrogen and oxygen atoms in total. The second kappa shape index (κ2) is 8.75. The average Bonchev–Trinajstić information content (AvgIpc) is 3.52. The van der Waals surface area contributed by atoms with Crippen molar-refractivity contribution in [3.63, 3.8) is 0 Å². The summed E-state index contributed by atoms with van der Waals surface area (Å²) in [5.41, 5.74) is 9.56. The highest BCUT2D eigenvalue weighted by molar-refractivity contribution is 6.42. The summed E-state index contributed by atoms with van der Waals surface area (Å²) in [7, 11) is 2.02. The topological polar surface area (TPSA) is 56.9 Å². The Balaban J connectivity index is 1.44. The first-order valence-electron chi connectivity index (χ1n) is 13.4. The van der Waals surface area contributed by atoms with Crippen molar-refractivity contribution in [1.82, 2.24) is 14.1 Å². The van der Waals surface area contributed by atoms with Crippen LogP contribution in [-0.2, 0) is 7.05 Å². The van der Waals surface area contributed by atoms with Crippen LogP contribution < -0.4 is 0 Å². The number of imidazole rings is 1. The van der Waals surface area contributed by atoms with E-state index in [0.29, 0.717) is 17.0 Å². The van der Waals surface area contributed by atoms with Gasteiger partial charge in [0.1, 0.15) is 5.82 Å². The molecule has 6 aromatic rings. The van der Waals surface area contributed by atoms with Gasteiger partial charge in [0.05, 0.1) is 16.8 Å². The van der Waals surface area contributed by atoms with E-state index >= 15 is 0 Å². The smallest absolute Gasteiger partial charge is 0.197 e. The third kappa shape index (κ3) is 3.51. The van der Waals surface area contributed by atoms with E-state index in [1.165, 1.54) is 22.3 Å². The molecule has 0 fully saturated rings. The van der Waals surface area contributed by atoms with Gasteiger partial charge in [-0.2, -0.15) is 0 Å². The molecule has 0 saturated heterocycles. The zero-order valence-electron chi connectivity index (χ0n) is 22.8. The summed E-state index contributed by atoms with van der Waals surface area (Å²) in [4.78, 5) is 32.1. The van der Waals surface area contributed by atoms with Gasteiger partial charge in [-0.1, -0.05) is 60.2 Å². The SMILES string of the molecule is Cc1cc(C)c(-c2cc3c(nc(C=C4C(=O)c5cc6ccccc6cc5C4=O)n3-c3ccccc3)n2C)c(C)c1. The van der Waals surface area contributed by atoms with E-state index in [1.807, 2.05) is 78.3 Å². The van der Waals surface area contributed by atoms with Crippen molar-refractivity contribution in [2.24, 2.45) is 7.05 Å². The molecule has 4 aromatic carbocycles. The minimum absolute atomic E-state index is 0.142. The first-order chi connectivity index (χ1) is 19.3. The summed E-state index contributed by atoms with van der Waals surface area (Å²) in [5.74, 6) is 0.0257. The number of rotatable bonds is 3. The van der Waals surface area contributed by atoms with Crippen LogP contribution in [-0.4, -0.2) is 25.7 Å². The number of allylic oxidation sites excluding steroid dienone is 1. The van der Waals surface area contributed by atoms with Gasteiger partial charge in [0, 0.05) is 29.4 Å². The fraction of sp³-hybridized carbons (Fsp3) is 0.114. The number of nitrogens with zero attached hydrogens (tertiary/aromatic N) is 3. The molecule has 1 aliphatic rings. The highest BCUT2D eigenvalue weighted by atomic mass is 16.2. The monoisotopic (exact) mass is 521 g/mol. The van der Waals surface area contributed by atoms with Crippen LogP contribution in [0.4, 0.5) is 0 Å². The maximum Gasteiger partial charge on any atom is 0.197 e. The fourth-order valence-corrected chi connectivity index (χ4v) is 6.19. The van der Waals surface area contributed by atoms with Crippen LogP contribution in [0.25, 0.3) is 45.0 Å². The van der Waals surface area contributed by atoms with Gasteiger partial charge < -0.3 is 4.57 Å². The molecule has 7 rings (SSSR count). The quantitative estimate of drug-likeness (QED) is 0.178. The number of benzene rings is 4. The Labute approximate surface area is 232 Å². The molecule has 0 atom stereocenters. The Morgan fingerprint density at radius 3 is 1.90 bits per heavy atom. The zero-order chi connectivity index (χ0) is 27.7. The lowest BCUT2D eigenvalue weighted by atomic mass is 9.97. The Morgan fingerprint density at radius 2 is 1.30 bits per heavy atom. The normalized spacial score (nSPS) is 13.1. The molecule has 2 aromatic heterocycles. The van der Waals surface area contributed by atoms with E-state index < -0.39 is 0 Å². The van der Waals surface area contributed by atoms with Gasteiger partial charge in [-0.25, -0.2) is 4.98 Å². The van der Waals surface area contributed by atoms with Crippen LogP contribution in [0.3, 0.4) is 0 Å². The largest absolute Gasteiger partial charge is 0.327 e. The van der Waals surface area contributed by atoms with Gasteiger partial charge >= 0.3 is 0 Å². The molecule has 0 aliphatic heterocycles. The number of hydrogen-bond acceptors (Lipinski definition) is 3. The Bertz CT molecular complexity index is 1990. The first-order valence-corrected chi connectivity index (χ1v) is 13.4. The molecule has 0 amide bonds. The molecule has 2 heterocycles. The van der Waals surface area contributed by atoms with E-state index in [-0.39, 0.29) is 17.1 Å². The third-order valence-corrected chi connectivity index (χ3v) is 7.96. The summed E-state index contributed by atoms with van der Waals surface area (Å²) >= 11 is 0. The van der Waals surface area contributed by atoms with Crippen molar-refractivity contribution < 1.29 is 9.59 Å². The van der Waals surface area contributed by atoms with Crippen molar-refractivity contribution in [3.05, 3.63) is 124 Å². The Morgan fingerprint density at radius 1 is 0.725 bits per heavy atom. The van der Waals surface area contributed by atoms with Gasteiger partial charge in [0.15, 0.2) is 17.2 Å². The first kappa shape index (κ1) is 24.0. The van der Waals surface area contributed by atoms with Crippen molar-refractivity contribution >= 4 is 39.6 Å². The number of Topliss-reactive ketones (excluding diaryl/α,β-unsaturated/α-hetero) is 2. The van der Waals surface area contributed by atoms with Gasteiger partial charge in [0.25, 0.3) is 0 Å². The van der Waals surface area contributed by atoms with Gasteiger partial charge in [-0.05, 0) is 79.1 Å².